The molecular formula is C59H39N5. The second-order valence-corrected chi connectivity index (χ2v) is 16.0. The monoisotopic (exact) mass is 817 g/mol. The molecule has 0 unspecified atom stereocenters. The summed E-state index contributed by atoms with van der Waals surface area (Å²) in [5.41, 5.74) is 17.7. The summed E-state index contributed by atoms with van der Waals surface area (Å²) in [7, 11) is 0. The van der Waals surface area contributed by atoms with Gasteiger partial charge in [-0.05, 0) is 82.9 Å². The lowest BCUT2D eigenvalue weighted by atomic mass is 9.94. The van der Waals surface area contributed by atoms with Gasteiger partial charge in [-0.3, -0.25) is 0 Å². The van der Waals surface area contributed by atoms with E-state index in [4.69, 9.17) is 15.0 Å². The number of hydrogen-bond donors (Lipinski definition) is 0. The lowest BCUT2D eigenvalue weighted by Gasteiger charge is -2.27. The summed E-state index contributed by atoms with van der Waals surface area (Å²) >= 11 is 0. The fourth-order valence-corrected chi connectivity index (χ4v) is 9.23. The van der Waals surface area contributed by atoms with Gasteiger partial charge in [0.2, 0.25) is 0 Å². The van der Waals surface area contributed by atoms with Crippen LogP contribution in [0.1, 0.15) is 0 Å². The van der Waals surface area contributed by atoms with E-state index in [1.54, 1.807) is 0 Å². The third kappa shape index (κ3) is 6.46. The van der Waals surface area contributed by atoms with Crippen molar-refractivity contribution in [3.05, 3.63) is 237 Å². The van der Waals surface area contributed by atoms with Gasteiger partial charge in [0.25, 0.3) is 0 Å². The summed E-state index contributed by atoms with van der Waals surface area (Å²) in [5, 5.41) is 1.19. The van der Waals surface area contributed by atoms with Crippen LogP contribution < -0.4 is 4.90 Å². The first-order valence-electron chi connectivity index (χ1n) is 21.6. The van der Waals surface area contributed by atoms with E-state index in [9.17, 15) is 0 Å². The molecule has 12 rings (SSSR count). The minimum absolute atomic E-state index is 0.632. The zero-order chi connectivity index (χ0) is 42.4. The molecule has 0 fully saturated rings. The highest BCUT2D eigenvalue weighted by Gasteiger charge is 2.31. The Bertz CT molecular complexity index is 3430. The molecule has 300 valence electrons. The molecule has 0 N–H and O–H groups in total. The number of anilines is 3. The van der Waals surface area contributed by atoms with Gasteiger partial charge in [-0.25, -0.2) is 15.0 Å². The Morgan fingerprint density at radius 3 is 1.31 bits per heavy atom. The summed E-state index contributed by atoms with van der Waals surface area (Å²) < 4.78 is 2.45. The van der Waals surface area contributed by atoms with E-state index in [1.165, 1.54) is 27.8 Å². The van der Waals surface area contributed by atoms with Crippen molar-refractivity contribution in [2.45, 2.75) is 0 Å². The highest BCUT2D eigenvalue weighted by atomic mass is 15.2. The fraction of sp³-hybridized carbons (Fsp3) is 0. The van der Waals surface area contributed by atoms with Gasteiger partial charge in [0.1, 0.15) is 0 Å². The van der Waals surface area contributed by atoms with Crippen molar-refractivity contribution in [1.29, 1.82) is 0 Å². The second-order valence-electron chi connectivity index (χ2n) is 16.0. The Morgan fingerprint density at radius 1 is 0.297 bits per heavy atom. The molecule has 1 aliphatic rings. The number of para-hydroxylation sites is 4. The largest absolute Gasteiger partial charge is 0.309 e. The smallest absolute Gasteiger partial charge is 0.164 e. The van der Waals surface area contributed by atoms with Crippen LogP contribution in [0.15, 0.2) is 237 Å². The Kier molecular flexibility index (Phi) is 9.08. The third-order valence-electron chi connectivity index (χ3n) is 12.2. The molecule has 11 aromatic rings. The van der Waals surface area contributed by atoms with Crippen molar-refractivity contribution in [3.8, 4) is 84.5 Å². The standard InChI is InChI=1S/C59H39N5/c1-5-19-40(20-6-1)57-60-58(41-21-7-2-8-22-41)62-59(61-57)46-26-18-25-44(38-46)42-23-17-24-43(37-42)45-35-36-54-51(39-45)55-49-31-13-15-33-52(49)63(47-27-9-3-10-28-47)53-34-16-14-32-50(53)56(55)64(54)48-29-11-4-12-30-48/h1-39H. The number of hydrogen-bond acceptors (Lipinski definition) is 4. The zero-order valence-corrected chi connectivity index (χ0v) is 34.8. The van der Waals surface area contributed by atoms with Gasteiger partial charge in [-0.15, -0.1) is 0 Å². The molecule has 0 saturated carbocycles. The van der Waals surface area contributed by atoms with Crippen LogP contribution >= 0.6 is 0 Å². The summed E-state index contributed by atoms with van der Waals surface area (Å²) in [4.78, 5) is 17.4. The average molecular weight is 818 g/mol. The summed E-state index contributed by atoms with van der Waals surface area (Å²) in [5.74, 6) is 1.92. The maximum absolute atomic E-state index is 5.02. The normalized spacial score (nSPS) is 11.7. The van der Waals surface area contributed by atoms with Crippen LogP contribution in [0, 0.1) is 0 Å². The Hall–Kier alpha value is -8.67. The van der Waals surface area contributed by atoms with Crippen molar-refractivity contribution >= 4 is 28.0 Å². The number of rotatable bonds is 7. The molecular weight excluding hydrogens is 779 g/mol. The topological polar surface area (TPSA) is 46.8 Å². The molecule has 0 radical (unpaired) electrons. The molecule has 64 heavy (non-hydrogen) atoms. The van der Waals surface area contributed by atoms with Crippen molar-refractivity contribution in [3.63, 3.8) is 0 Å². The predicted molar refractivity (Wildman–Crippen MR) is 263 cm³/mol. The first-order chi connectivity index (χ1) is 31.7. The summed E-state index contributed by atoms with van der Waals surface area (Å²) in [6.07, 6.45) is 0. The molecule has 1 aliphatic heterocycles. The molecule has 0 amide bonds. The maximum Gasteiger partial charge on any atom is 0.164 e. The Labute approximate surface area is 371 Å². The van der Waals surface area contributed by atoms with E-state index in [2.05, 4.69) is 185 Å². The highest BCUT2D eigenvalue weighted by molar-refractivity contribution is 6.13. The van der Waals surface area contributed by atoms with Crippen molar-refractivity contribution in [1.82, 2.24) is 19.5 Å². The molecule has 5 heteroatoms. The first-order valence-corrected chi connectivity index (χ1v) is 21.6. The Morgan fingerprint density at radius 2 is 0.719 bits per heavy atom. The number of aromatic nitrogens is 4. The molecule has 2 aromatic heterocycles. The van der Waals surface area contributed by atoms with Crippen LogP contribution in [0.2, 0.25) is 0 Å². The fourth-order valence-electron chi connectivity index (χ4n) is 9.23. The van der Waals surface area contributed by atoms with E-state index in [0.717, 1.165) is 67.2 Å². The van der Waals surface area contributed by atoms with Gasteiger partial charge < -0.3 is 9.47 Å². The minimum Gasteiger partial charge on any atom is -0.309 e. The SMILES string of the molecule is c1ccc(-c2nc(-c3ccccc3)nc(-c3cccc(-c4cccc(-c5ccc6c(c5)c5c(n6-c6ccccc6)-c6ccccc6N(c6ccccc6)c6ccccc6-5)c4)c3)n2)cc1. The van der Waals surface area contributed by atoms with E-state index in [-0.39, 0.29) is 0 Å². The maximum atomic E-state index is 5.02. The minimum atomic E-state index is 0.632. The van der Waals surface area contributed by atoms with Crippen molar-refractivity contribution in [2.24, 2.45) is 0 Å². The average Bonchev–Trinajstić information content (AvgIpc) is 3.65. The molecule has 0 atom stereocenters. The molecule has 3 heterocycles. The van der Waals surface area contributed by atoms with Crippen LogP contribution in [-0.2, 0) is 0 Å². The zero-order valence-electron chi connectivity index (χ0n) is 34.8. The third-order valence-corrected chi connectivity index (χ3v) is 12.2. The Balaban J connectivity index is 1.01. The predicted octanol–water partition coefficient (Wildman–Crippen LogP) is 15.3. The summed E-state index contributed by atoms with van der Waals surface area (Å²) in [6, 6.07) is 83.7. The molecule has 5 nitrogen and oxygen atoms in total. The molecule has 9 aromatic carbocycles. The van der Waals surface area contributed by atoms with Crippen LogP contribution in [0.5, 0.6) is 0 Å². The molecule has 0 saturated heterocycles. The van der Waals surface area contributed by atoms with Gasteiger partial charge in [0, 0.05) is 50.1 Å². The van der Waals surface area contributed by atoms with Gasteiger partial charge >= 0.3 is 0 Å². The van der Waals surface area contributed by atoms with Gasteiger partial charge in [-0.1, -0.05) is 176 Å². The van der Waals surface area contributed by atoms with Crippen LogP contribution in [0.3, 0.4) is 0 Å². The van der Waals surface area contributed by atoms with E-state index in [0.29, 0.717) is 17.5 Å². The molecule has 0 aliphatic carbocycles. The van der Waals surface area contributed by atoms with Crippen molar-refractivity contribution in [2.75, 3.05) is 4.90 Å². The quantitative estimate of drug-likeness (QED) is 0.161. The van der Waals surface area contributed by atoms with Gasteiger partial charge in [-0.2, -0.15) is 0 Å². The van der Waals surface area contributed by atoms with Crippen LogP contribution in [0.25, 0.3) is 95.4 Å². The van der Waals surface area contributed by atoms with Crippen molar-refractivity contribution < 1.29 is 0 Å². The highest BCUT2D eigenvalue weighted by Crippen LogP contribution is 2.54. The van der Waals surface area contributed by atoms with Crippen LogP contribution in [-0.4, -0.2) is 19.5 Å². The number of benzene rings is 9. The van der Waals surface area contributed by atoms with Crippen LogP contribution in [0.4, 0.5) is 17.1 Å². The van der Waals surface area contributed by atoms with E-state index < -0.39 is 0 Å². The van der Waals surface area contributed by atoms with E-state index >= 15 is 0 Å². The first kappa shape index (κ1) is 37.1. The lowest BCUT2D eigenvalue weighted by Crippen LogP contribution is -2.11. The molecule has 0 spiro atoms. The van der Waals surface area contributed by atoms with Gasteiger partial charge in [0.05, 0.1) is 22.6 Å². The number of nitrogens with zero attached hydrogens (tertiary/aromatic N) is 5. The number of fused-ring (bicyclic) bond motifs is 7. The molecule has 0 bridgehead atoms. The van der Waals surface area contributed by atoms with Gasteiger partial charge in [0.15, 0.2) is 17.5 Å². The summed E-state index contributed by atoms with van der Waals surface area (Å²) in [6.45, 7) is 0. The lowest BCUT2D eigenvalue weighted by molar-refractivity contribution is 1.07. The second kappa shape index (κ2) is 15.7. The van der Waals surface area contributed by atoms with E-state index in [1.807, 2.05) is 60.7 Å².